The smallest absolute Gasteiger partial charge is 0.277 e. The standard InChI is InChI=1S/C19H17N3O3S2/c1-3-23-14-8-6-13(7-9-14)17-21-22-19(25-17)27-11-15-12(2)24-18(20-15)16-5-4-10-26-16/h4-10H,3,11H2,1-2H3. The van der Waals surface area contributed by atoms with E-state index in [-0.39, 0.29) is 0 Å². The number of benzene rings is 1. The molecule has 0 aliphatic rings. The number of rotatable bonds is 7. The van der Waals surface area contributed by atoms with Crippen LogP contribution < -0.4 is 4.74 Å². The van der Waals surface area contributed by atoms with Gasteiger partial charge in [-0.25, -0.2) is 4.98 Å². The first-order valence-corrected chi connectivity index (χ1v) is 10.3. The van der Waals surface area contributed by atoms with E-state index in [1.165, 1.54) is 11.8 Å². The molecular weight excluding hydrogens is 382 g/mol. The molecule has 3 heterocycles. The van der Waals surface area contributed by atoms with Crippen LogP contribution in [0.1, 0.15) is 18.4 Å². The quantitative estimate of drug-likeness (QED) is 0.382. The molecule has 0 N–H and O–H groups in total. The number of hydrogen-bond donors (Lipinski definition) is 0. The van der Waals surface area contributed by atoms with Crippen molar-refractivity contribution in [2.24, 2.45) is 0 Å². The van der Waals surface area contributed by atoms with E-state index >= 15 is 0 Å². The van der Waals surface area contributed by atoms with E-state index in [9.17, 15) is 0 Å². The largest absolute Gasteiger partial charge is 0.494 e. The van der Waals surface area contributed by atoms with E-state index in [0.717, 1.165) is 27.6 Å². The van der Waals surface area contributed by atoms with Crippen molar-refractivity contribution in [1.29, 1.82) is 0 Å². The Kier molecular flexibility index (Phi) is 5.26. The molecule has 0 aliphatic carbocycles. The van der Waals surface area contributed by atoms with Crippen LogP contribution >= 0.6 is 23.1 Å². The molecule has 0 saturated heterocycles. The van der Waals surface area contributed by atoms with Crippen LogP contribution in [0.2, 0.25) is 0 Å². The predicted octanol–water partition coefficient (Wildman–Crippen LogP) is 5.45. The van der Waals surface area contributed by atoms with Gasteiger partial charge < -0.3 is 13.6 Å². The Morgan fingerprint density at radius 3 is 2.67 bits per heavy atom. The molecule has 0 bridgehead atoms. The summed E-state index contributed by atoms with van der Waals surface area (Å²) in [7, 11) is 0. The van der Waals surface area contributed by atoms with Gasteiger partial charge in [-0.3, -0.25) is 0 Å². The molecule has 6 nitrogen and oxygen atoms in total. The Labute approximate surface area is 164 Å². The molecule has 0 fully saturated rings. The molecule has 0 unspecified atom stereocenters. The maximum atomic E-state index is 5.76. The second kappa shape index (κ2) is 7.98. The zero-order valence-electron chi connectivity index (χ0n) is 14.8. The Balaban J connectivity index is 1.42. The summed E-state index contributed by atoms with van der Waals surface area (Å²) in [6, 6.07) is 11.6. The van der Waals surface area contributed by atoms with Crippen LogP contribution in [0.25, 0.3) is 22.2 Å². The van der Waals surface area contributed by atoms with Crippen molar-refractivity contribution < 1.29 is 13.6 Å². The Morgan fingerprint density at radius 1 is 1.07 bits per heavy atom. The number of hydrogen-bond acceptors (Lipinski definition) is 8. The third kappa shape index (κ3) is 4.06. The number of ether oxygens (including phenoxy) is 1. The maximum absolute atomic E-state index is 5.76. The number of thiophene rings is 1. The minimum Gasteiger partial charge on any atom is -0.494 e. The van der Waals surface area contributed by atoms with Crippen LogP contribution in [0.4, 0.5) is 0 Å². The minimum absolute atomic E-state index is 0.483. The lowest BCUT2D eigenvalue weighted by Crippen LogP contribution is -1.90. The lowest BCUT2D eigenvalue weighted by molar-refractivity contribution is 0.340. The molecule has 0 spiro atoms. The van der Waals surface area contributed by atoms with Crippen molar-refractivity contribution in [3.8, 4) is 28.0 Å². The molecule has 1 aromatic carbocycles. The molecule has 4 rings (SSSR count). The fourth-order valence-electron chi connectivity index (χ4n) is 2.44. The average Bonchev–Trinajstić information content (AvgIpc) is 3.42. The summed E-state index contributed by atoms with van der Waals surface area (Å²) >= 11 is 3.05. The third-order valence-electron chi connectivity index (χ3n) is 3.78. The molecule has 0 atom stereocenters. The Hall–Kier alpha value is -2.58. The van der Waals surface area contributed by atoms with Gasteiger partial charge in [0.15, 0.2) is 0 Å². The molecule has 8 heteroatoms. The van der Waals surface area contributed by atoms with Gasteiger partial charge in [0.1, 0.15) is 11.5 Å². The van der Waals surface area contributed by atoms with Crippen molar-refractivity contribution in [3.63, 3.8) is 0 Å². The molecule has 0 aliphatic heterocycles. The van der Waals surface area contributed by atoms with Gasteiger partial charge in [-0.2, -0.15) is 0 Å². The van der Waals surface area contributed by atoms with Crippen LogP contribution in [0.3, 0.4) is 0 Å². The summed E-state index contributed by atoms with van der Waals surface area (Å²) in [4.78, 5) is 5.60. The molecule has 27 heavy (non-hydrogen) atoms. The molecule has 0 amide bonds. The first-order valence-electron chi connectivity index (χ1n) is 8.42. The zero-order chi connectivity index (χ0) is 18.6. The lowest BCUT2D eigenvalue weighted by Gasteiger charge is -2.02. The van der Waals surface area contributed by atoms with Gasteiger partial charge in [0, 0.05) is 11.3 Å². The summed E-state index contributed by atoms with van der Waals surface area (Å²) in [5, 5.41) is 10.7. The molecule has 0 radical (unpaired) electrons. The number of aromatic nitrogens is 3. The van der Waals surface area contributed by atoms with Crippen LogP contribution in [0.15, 0.2) is 55.8 Å². The van der Waals surface area contributed by atoms with E-state index in [0.29, 0.717) is 29.4 Å². The Morgan fingerprint density at radius 2 is 1.93 bits per heavy atom. The van der Waals surface area contributed by atoms with Crippen molar-refractivity contribution >= 4 is 23.1 Å². The highest BCUT2D eigenvalue weighted by Crippen LogP contribution is 2.30. The highest BCUT2D eigenvalue weighted by molar-refractivity contribution is 7.98. The average molecular weight is 399 g/mol. The summed E-state index contributed by atoms with van der Waals surface area (Å²) in [5.41, 5.74) is 1.74. The van der Waals surface area contributed by atoms with E-state index in [1.54, 1.807) is 11.3 Å². The van der Waals surface area contributed by atoms with Gasteiger partial charge in [-0.15, -0.1) is 21.5 Å². The van der Waals surface area contributed by atoms with Crippen LogP contribution in [-0.2, 0) is 5.75 Å². The SMILES string of the molecule is CCOc1ccc(-c2nnc(SCc3nc(-c4cccs4)oc3C)o2)cc1. The topological polar surface area (TPSA) is 74.2 Å². The van der Waals surface area contributed by atoms with Crippen molar-refractivity contribution in [2.45, 2.75) is 24.8 Å². The number of aryl methyl sites for hydroxylation is 1. The minimum atomic E-state index is 0.483. The summed E-state index contributed by atoms with van der Waals surface area (Å²) in [5.74, 6) is 3.36. The van der Waals surface area contributed by atoms with Crippen LogP contribution in [0.5, 0.6) is 5.75 Å². The molecule has 4 aromatic rings. The monoisotopic (exact) mass is 399 g/mol. The van der Waals surface area contributed by atoms with Gasteiger partial charge in [0.05, 0.1) is 17.2 Å². The van der Waals surface area contributed by atoms with E-state index in [1.807, 2.05) is 55.6 Å². The van der Waals surface area contributed by atoms with Gasteiger partial charge >= 0.3 is 0 Å². The summed E-state index contributed by atoms with van der Waals surface area (Å²) in [6.45, 7) is 4.50. The lowest BCUT2D eigenvalue weighted by atomic mass is 10.2. The fraction of sp³-hybridized carbons (Fsp3) is 0.211. The van der Waals surface area contributed by atoms with Crippen LogP contribution in [-0.4, -0.2) is 21.8 Å². The van der Waals surface area contributed by atoms with Gasteiger partial charge in [-0.1, -0.05) is 17.8 Å². The number of nitrogens with zero attached hydrogens (tertiary/aromatic N) is 3. The predicted molar refractivity (Wildman–Crippen MR) is 105 cm³/mol. The van der Waals surface area contributed by atoms with Crippen molar-refractivity contribution in [1.82, 2.24) is 15.2 Å². The van der Waals surface area contributed by atoms with Crippen molar-refractivity contribution in [3.05, 3.63) is 53.2 Å². The highest BCUT2D eigenvalue weighted by Gasteiger charge is 2.15. The van der Waals surface area contributed by atoms with Crippen molar-refractivity contribution in [2.75, 3.05) is 6.61 Å². The van der Waals surface area contributed by atoms with E-state index < -0.39 is 0 Å². The summed E-state index contributed by atoms with van der Waals surface area (Å²) in [6.07, 6.45) is 0. The Bertz CT molecular complexity index is 1010. The normalized spacial score (nSPS) is 11.0. The van der Waals surface area contributed by atoms with E-state index in [2.05, 4.69) is 15.2 Å². The van der Waals surface area contributed by atoms with Gasteiger partial charge in [0.2, 0.25) is 11.8 Å². The number of oxazole rings is 1. The third-order valence-corrected chi connectivity index (χ3v) is 5.46. The molecule has 3 aromatic heterocycles. The number of thioether (sulfide) groups is 1. The maximum Gasteiger partial charge on any atom is 0.277 e. The van der Waals surface area contributed by atoms with Crippen LogP contribution in [0, 0.1) is 6.92 Å². The van der Waals surface area contributed by atoms with Gasteiger partial charge in [0.25, 0.3) is 5.22 Å². The first-order chi connectivity index (χ1) is 13.2. The van der Waals surface area contributed by atoms with E-state index in [4.69, 9.17) is 13.6 Å². The summed E-state index contributed by atoms with van der Waals surface area (Å²) < 4.78 is 17.0. The first kappa shape index (κ1) is 17.8. The fourth-order valence-corrected chi connectivity index (χ4v) is 3.86. The zero-order valence-corrected chi connectivity index (χ0v) is 16.5. The molecule has 0 saturated carbocycles. The second-order valence-electron chi connectivity index (χ2n) is 5.62. The molecular formula is C19H17N3O3S2. The van der Waals surface area contributed by atoms with Gasteiger partial charge in [-0.05, 0) is 49.6 Å². The molecule has 138 valence electrons. The second-order valence-corrected chi connectivity index (χ2v) is 7.49. The highest BCUT2D eigenvalue weighted by atomic mass is 32.2.